The highest BCUT2D eigenvalue weighted by Crippen LogP contribution is 2.16. The summed E-state index contributed by atoms with van der Waals surface area (Å²) in [5, 5.41) is 17.5. The molecule has 76 valence electrons. The summed E-state index contributed by atoms with van der Waals surface area (Å²) >= 11 is 0. The normalized spacial score (nSPS) is 14.8. The first kappa shape index (κ1) is 10.6. The number of carbonyl (C=O) groups is 1. The maximum Gasteiger partial charge on any atom is 0.328 e. The number of aliphatic hydroxyl groups excluding tert-OH is 1. The molecule has 5 nitrogen and oxygen atoms in total. The topological polar surface area (TPSA) is 96.4 Å². The van der Waals surface area contributed by atoms with E-state index < -0.39 is 11.5 Å². The smallest absolute Gasteiger partial charge is 0.328 e. The minimum atomic E-state index is -1.44. The molecule has 0 unspecified atom stereocenters. The third kappa shape index (κ3) is 1.89. The van der Waals surface area contributed by atoms with Crippen molar-refractivity contribution in [3.63, 3.8) is 0 Å². The number of hydrogen-bond donors (Lipinski definition) is 3. The van der Waals surface area contributed by atoms with E-state index in [1.54, 1.807) is 12.1 Å². The van der Waals surface area contributed by atoms with Gasteiger partial charge in [0.15, 0.2) is 0 Å². The van der Waals surface area contributed by atoms with Crippen LogP contribution in [0, 0.1) is 0 Å². The van der Waals surface area contributed by atoms with E-state index in [9.17, 15) is 4.79 Å². The van der Waals surface area contributed by atoms with Crippen LogP contribution in [0.5, 0.6) is 0 Å². The molecule has 0 saturated carbocycles. The van der Waals surface area contributed by atoms with Crippen LogP contribution in [-0.4, -0.2) is 21.2 Å². The van der Waals surface area contributed by atoms with Crippen molar-refractivity contribution in [3.05, 3.63) is 29.6 Å². The van der Waals surface area contributed by atoms with Crippen molar-refractivity contribution in [2.45, 2.75) is 19.1 Å². The Labute approximate surface area is 81.2 Å². The summed E-state index contributed by atoms with van der Waals surface area (Å²) in [6.07, 6.45) is 1.36. The lowest BCUT2D eigenvalue weighted by Gasteiger charge is -2.19. The second kappa shape index (κ2) is 3.73. The molecule has 0 bridgehead atoms. The van der Waals surface area contributed by atoms with Crippen molar-refractivity contribution in [1.29, 1.82) is 0 Å². The van der Waals surface area contributed by atoms with E-state index in [1.807, 2.05) is 0 Å². The number of carboxylic acid groups (broad SMARTS) is 1. The van der Waals surface area contributed by atoms with E-state index >= 15 is 0 Å². The number of nitrogens with zero attached hydrogens (tertiary/aromatic N) is 1. The minimum absolute atomic E-state index is 0.172. The zero-order chi connectivity index (χ0) is 10.8. The summed E-state index contributed by atoms with van der Waals surface area (Å²) in [6, 6.07) is 3.09. The quantitative estimate of drug-likeness (QED) is 0.623. The summed E-state index contributed by atoms with van der Waals surface area (Å²) in [4.78, 5) is 14.6. The van der Waals surface area contributed by atoms with E-state index in [4.69, 9.17) is 15.9 Å². The predicted octanol–water partition coefficient (Wildman–Crippen LogP) is -0.168. The highest BCUT2D eigenvalue weighted by molar-refractivity contribution is 5.79. The van der Waals surface area contributed by atoms with Gasteiger partial charge in [0.1, 0.15) is 5.54 Å². The Hall–Kier alpha value is -1.46. The Morgan fingerprint density at radius 3 is 2.64 bits per heavy atom. The molecule has 1 heterocycles. The van der Waals surface area contributed by atoms with Gasteiger partial charge in [-0.3, -0.25) is 4.98 Å². The van der Waals surface area contributed by atoms with Crippen LogP contribution in [-0.2, 0) is 16.9 Å². The molecule has 0 spiro atoms. The number of aliphatic carboxylic acids is 1. The molecular formula is C9H12N2O3. The van der Waals surface area contributed by atoms with Crippen molar-refractivity contribution in [2.75, 3.05) is 0 Å². The van der Waals surface area contributed by atoms with Crippen LogP contribution in [0.4, 0.5) is 0 Å². The van der Waals surface area contributed by atoms with Crippen LogP contribution < -0.4 is 5.73 Å². The first-order chi connectivity index (χ1) is 6.48. The molecule has 0 aliphatic heterocycles. The molecule has 0 aliphatic carbocycles. The van der Waals surface area contributed by atoms with Crippen molar-refractivity contribution < 1.29 is 15.0 Å². The SMILES string of the molecule is C[C@](N)(C(=O)O)c1ccc(CO)nc1. The van der Waals surface area contributed by atoms with Gasteiger partial charge in [0.25, 0.3) is 0 Å². The van der Waals surface area contributed by atoms with Crippen LogP contribution >= 0.6 is 0 Å². The monoisotopic (exact) mass is 196 g/mol. The molecular weight excluding hydrogens is 184 g/mol. The minimum Gasteiger partial charge on any atom is -0.480 e. The van der Waals surface area contributed by atoms with Gasteiger partial charge in [0.05, 0.1) is 12.3 Å². The maximum absolute atomic E-state index is 10.8. The predicted molar refractivity (Wildman–Crippen MR) is 49.3 cm³/mol. The van der Waals surface area contributed by atoms with Crippen molar-refractivity contribution in [2.24, 2.45) is 5.73 Å². The van der Waals surface area contributed by atoms with Gasteiger partial charge in [-0.25, -0.2) is 4.79 Å². The standard InChI is InChI=1S/C9H12N2O3/c1-9(10,8(13)14)6-2-3-7(5-12)11-4-6/h2-4,12H,5,10H2,1H3,(H,13,14)/t9-/m1/s1. The summed E-state index contributed by atoms with van der Waals surface area (Å²) in [6.45, 7) is 1.22. The molecule has 1 atom stereocenters. The van der Waals surface area contributed by atoms with E-state index in [1.165, 1.54) is 13.1 Å². The van der Waals surface area contributed by atoms with Crippen LogP contribution in [0.15, 0.2) is 18.3 Å². The average molecular weight is 196 g/mol. The summed E-state index contributed by atoms with van der Waals surface area (Å²) < 4.78 is 0. The van der Waals surface area contributed by atoms with E-state index in [-0.39, 0.29) is 6.61 Å². The average Bonchev–Trinajstić information content (AvgIpc) is 2.17. The molecule has 5 heteroatoms. The summed E-state index contributed by atoms with van der Waals surface area (Å²) in [5.74, 6) is -1.11. The molecule has 0 amide bonds. The second-order valence-corrected chi connectivity index (χ2v) is 3.20. The number of pyridine rings is 1. The van der Waals surface area contributed by atoms with Crippen LogP contribution in [0.2, 0.25) is 0 Å². The Morgan fingerprint density at radius 1 is 1.64 bits per heavy atom. The fourth-order valence-corrected chi connectivity index (χ4v) is 0.949. The number of carboxylic acids is 1. The van der Waals surface area contributed by atoms with Crippen LogP contribution in [0.3, 0.4) is 0 Å². The highest BCUT2D eigenvalue weighted by atomic mass is 16.4. The molecule has 1 aromatic rings. The van der Waals surface area contributed by atoms with Gasteiger partial charge in [-0.2, -0.15) is 0 Å². The highest BCUT2D eigenvalue weighted by Gasteiger charge is 2.30. The fraction of sp³-hybridized carbons (Fsp3) is 0.333. The van der Waals surface area contributed by atoms with E-state index in [2.05, 4.69) is 4.98 Å². The number of aromatic nitrogens is 1. The maximum atomic E-state index is 10.8. The van der Waals surface area contributed by atoms with E-state index in [0.29, 0.717) is 11.3 Å². The van der Waals surface area contributed by atoms with Crippen LogP contribution in [0.1, 0.15) is 18.2 Å². The molecule has 1 rings (SSSR count). The lowest BCUT2D eigenvalue weighted by Crippen LogP contribution is -2.41. The third-order valence-corrected chi connectivity index (χ3v) is 2.03. The van der Waals surface area contributed by atoms with Crippen molar-refractivity contribution in [3.8, 4) is 0 Å². The molecule has 0 saturated heterocycles. The fourth-order valence-electron chi connectivity index (χ4n) is 0.949. The van der Waals surface area contributed by atoms with Gasteiger partial charge >= 0.3 is 5.97 Å². The Balaban J connectivity index is 3.02. The summed E-state index contributed by atoms with van der Waals surface area (Å²) in [5.41, 5.74) is 5.01. The molecule has 14 heavy (non-hydrogen) atoms. The lowest BCUT2D eigenvalue weighted by atomic mass is 9.95. The Morgan fingerprint density at radius 2 is 2.29 bits per heavy atom. The van der Waals surface area contributed by atoms with Crippen molar-refractivity contribution in [1.82, 2.24) is 4.98 Å². The Bertz CT molecular complexity index is 332. The van der Waals surface area contributed by atoms with Gasteiger partial charge in [0, 0.05) is 11.8 Å². The zero-order valence-electron chi connectivity index (χ0n) is 7.77. The molecule has 4 N–H and O–H groups in total. The number of aliphatic hydroxyl groups is 1. The number of rotatable bonds is 3. The number of nitrogens with two attached hydrogens (primary N) is 1. The zero-order valence-corrected chi connectivity index (χ0v) is 7.77. The largest absolute Gasteiger partial charge is 0.480 e. The van der Waals surface area contributed by atoms with E-state index in [0.717, 1.165) is 0 Å². The van der Waals surface area contributed by atoms with Crippen molar-refractivity contribution >= 4 is 5.97 Å². The van der Waals surface area contributed by atoms with Gasteiger partial charge in [-0.05, 0) is 13.0 Å². The second-order valence-electron chi connectivity index (χ2n) is 3.20. The van der Waals surface area contributed by atoms with Gasteiger partial charge in [0.2, 0.25) is 0 Å². The number of hydrogen-bond acceptors (Lipinski definition) is 4. The van der Waals surface area contributed by atoms with Gasteiger partial charge in [-0.15, -0.1) is 0 Å². The Kier molecular flexibility index (Phi) is 2.83. The molecule has 1 aromatic heterocycles. The van der Waals surface area contributed by atoms with Crippen LogP contribution in [0.25, 0.3) is 0 Å². The first-order valence-corrected chi connectivity index (χ1v) is 4.07. The molecule has 0 fully saturated rings. The first-order valence-electron chi connectivity index (χ1n) is 4.07. The molecule has 0 aliphatic rings. The lowest BCUT2D eigenvalue weighted by molar-refractivity contribution is -0.143. The molecule has 0 radical (unpaired) electrons. The van der Waals surface area contributed by atoms with Gasteiger partial charge < -0.3 is 15.9 Å². The third-order valence-electron chi connectivity index (χ3n) is 2.03. The molecule has 0 aromatic carbocycles. The van der Waals surface area contributed by atoms with Gasteiger partial charge in [-0.1, -0.05) is 6.07 Å². The summed E-state index contributed by atoms with van der Waals surface area (Å²) in [7, 11) is 0.